The van der Waals surface area contributed by atoms with Crippen LogP contribution in [0.5, 0.6) is 5.75 Å². The van der Waals surface area contributed by atoms with E-state index < -0.39 is 0 Å². The number of benzene rings is 1. The number of nitrogens with zero attached hydrogens (tertiary/aromatic N) is 1. The lowest BCUT2D eigenvalue weighted by atomic mass is 10.1. The normalized spacial score (nSPS) is 29.5. The Morgan fingerprint density at radius 1 is 1.25 bits per heavy atom. The minimum atomic E-state index is 0.118. The van der Waals surface area contributed by atoms with Crippen LogP contribution in [0.3, 0.4) is 0 Å². The molecule has 1 aromatic rings. The number of fused-ring (bicyclic) bond motifs is 2. The standard InChI is InChI=1S/C19H26N2O3/c22-19(21-9-8-15-6-7-16(12-21)20-15)14-3-1-4-17(11-14)24-13-18-5-2-10-23-18/h1,3-4,11,15-16,18,20H,2,5-10,12-13H2. The topological polar surface area (TPSA) is 50.8 Å². The molecule has 5 nitrogen and oxygen atoms in total. The van der Waals surface area contributed by atoms with E-state index in [-0.39, 0.29) is 12.0 Å². The van der Waals surface area contributed by atoms with Gasteiger partial charge in [0.1, 0.15) is 12.4 Å². The number of carbonyl (C=O) groups is 1. The average molecular weight is 330 g/mol. The minimum absolute atomic E-state index is 0.118. The maximum Gasteiger partial charge on any atom is 0.254 e. The van der Waals surface area contributed by atoms with Crippen molar-refractivity contribution in [3.8, 4) is 5.75 Å². The highest BCUT2D eigenvalue weighted by Gasteiger charge is 2.31. The van der Waals surface area contributed by atoms with Gasteiger partial charge in [0.15, 0.2) is 0 Å². The molecule has 1 aromatic carbocycles. The van der Waals surface area contributed by atoms with E-state index in [1.165, 1.54) is 12.8 Å². The zero-order valence-corrected chi connectivity index (χ0v) is 14.1. The van der Waals surface area contributed by atoms with E-state index in [1.807, 2.05) is 29.2 Å². The molecule has 0 spiro atoms. The molecule has 3 heterocycles. The molecule has 0 aromatic heterocycles. The van der Waals surface area contributed by atoms with E-state index in [0.29, 0.717) is 18.7 Å². The van der Waals surface area contributed by atoms with Crippen LogP contribution in [0, 0.1) is 0 Å². The second kappa shape index (κ2) is 7.11. The molecule has 5 heteroatoms. The number of hydrogen-bond donors (Lipinski definition) is 1. The van der Waals surface area contributed by atoms with E-state index in [4.69, 9.17) is 9.47 Å². The van der Waals surface area contributed by atoms with Crippen molar-refractivity contribution in [1.82, 2.24) is 10.2 Å². The lowest BCUT2D eigenvalue weighted by Gasteiger charge is -2.24. The van der Waals surface area contributed by atoms with Crippen LogP contribution >= 0.6 is 0 Å². The Labute approximate surface area is 143 Å². The van der Waals surface area contributed by atoms with Gasteiger partial charge in [-0.1, -0.05) is 6.07 Å². The fraction of sp³-hybridized carbons (Fsp3) is 0.632. The van der Waals surface area contributed by atoms with Crippen LogP contribution in [0.15, 0.2) is 24.3 Å². The summed E-state index contributed by atoms with van der Waals surface area (Å²) in [5, 5.41) is 3.62. The second-order valence-corrected chi connectivity index (χ2v) is 7.15. The van der Waals surface area contributed by atoms with Gasteiger partial charge in [0, 0.05) is 37.3 Å². The highest BCUT2D eigenvalue weighted by Crippen LogP contribution is 2.23. The lowest BCUT2D eigenvalue weighted by Crippen LogP contribution is -2.39. The monoisotopic (exact) mass is 330 g/mol. The molecule has 3 unspecified atom stereocenters. The predicted octanol–water partition coefficient (Wildman–Crippen LogP) is 2.21. The van der Waals surface area contributed by atoms with E-state index in [2.05, 4.69) is 5.32 Å². The first-order valence-electron chi connectivity index (χ1n) is 9.18. The van der Waals surface area contributed by atoms with Gasteiger partial charge in [-0.3, -0.25) is 4.79 Å². The summed E-state index contributed by atoms with van der Waals surface area (Å²) in [6.45, 7) is 3.05. The number of likely N-dealkylation sites (tertiary alicyclic amines) is 1. The van der Waals surface area contributed by atoms with Crippen LogP contribution in [-0.4, -0.2) is 55.3 Å². The first-order chi connectivity index (χ1) is 11.8. The first kappa shape index (κ1) is 15.9. The van der Waals surface area contributed by atoms with Gasteiger partial charge in [0.25, 0.3) is 5.91 Å². The van der Waals surface area contributed by atoms with Gasteiger partial charge in [0.05, 0.1) is 6.10 Å². The van der Waals surface area contributed by atoms with Gasteiger partial charge >= 0.3 is 0 Å². The molecule has 3 atom stereocenters. The number of hydrogen-bond acceptors (Lipinski definition) is 4. The van der Waals surface area contributed by atoms with Crippen LogP contribution in [0.2, 0.25) is 0 Å². The molecule has 1 N–H and O–H groups in total. The van der Waals surface area contributed by atoms with Crippen molar-refractivity contribution in [2.45, 2.75) is 50.3 Å². The van der Waals surface area contributed by atoms with Gasteiger partial charge in [-0.05, 0) is 50.3 Å². The Kier molecular flexibility index (Phi) is 4.72. The fourth-order valence-corrected chi connectivity index (χ4v) is 3.99. The van der Waals surface area contributed by atoms with Crippen molar-refractivity contribution in [2.75, 3.05) is 26.3 Å². The summed E-state index contributed by atoms with van der Waals surface area (Å²) in [6.07, 6.45) is 5.84. The summed E-state index contributed by atoms with van der Waals surface area (Å²) in [4.78, 5) is 14.9. The van der Waals surface area contributed by atoms with Crippen molar-refractivity contribution in [1.29, 1.82) is 0 Å². The van der Waals surface area contributed by atoms with Gasteiger partial charge in [0.2, 0.25) is 0 Å². The highest BCUT2D eigenvalue weighted by atomic mass is 16.5. The van der Waals surface area contributed by atoms with E-state index in [1.54, 1.807) is 0 Å². The molecule has 0 aliphatic carbocycles. The molecule has 130 valence electrons. The Bertz CT molecular complexity index is 586. The Balaban J connectivity index is 1.39. The van der Waals surface area contributed by atoms with Crippen molar-refractivity contribution in [2.24, 2.45) is 0 Å². The molecule has 3 saturated heterocycles. The third-order valence-corrected chi connectivity index (χ3v) is 5.35. The van der Waals surface area contributed by atoms with Crippen molar-refractivity contribution in [3.05, 3.63) is 29.8 Å². The molecular formula is C19H26N2O3. The minimum Gasteiger partial charge on any atom is -0.491 e. The van der Waals surface area contributed by atoms with Crippen LogP contribution in [0.1, 0.15) is 42.5 Å². The zero-order chi connectivity index (χ0) is 16.4. The molecule has 1 amide bonds. The molecule has 3 aliphatic heterocycles. The molecule has 2 bridgehead atoms. The number of nitrogens with one attached hydrogen (secondary N) is 1. The zero-order valence-electron chi connectivity index (χ0n) is 14.1. The molecule has 3 fully saturated rings. The summed E-state index contributed by atoms with van der Waals surface area (Å²) in [5.74, 6) is 0.873. The molecular weight excluding hydrogens is 304 g/mol. The van der Waals surface area contributed by atoms with Gasteiger partial charge in [-0.25, -0.2) is 0 Å². The van der Waals surface area contributed by atoms with Crippen LogP contribution in [0.4, 0.5) is 0 Å². The summed E-state index contributed by atoms with van der Waals surface area (Å²) in [7, 11) is 0. The van der Waals surface area contributed by atoms with Gasteiger partial charge in [-0.2, -0.15) is 0 Å². The maximum absolute atomic E-state index is 12.9. The third-order valence-electron chi connectivity index (χ3n) is 5.35. The van der Waals surface area contributed by atoms with Crippen molar-refractivity contribution in [3.63, 3.8) is 0 Å². The Hall–Kier alpha value is -1.59. The lowest BCUT2D eigenvalue weighted by molar-refractivity contribution is 0.0677. The molecule has 24 heavy (non-hydrogen) atoms. The van der Waals surface area contributed by atoms with Gasteiger partial charge in [-0.15, -0.1) is 0 Å². The Morgan fingerprint density at radius 2 is 2.17 bits per heavy atom. The quantitative estimate of drug-likeness (QED) is 0.920. The highest BCUT2D eigenvalue weighted by molar-refractivity contribution is 5.94. The number of carbonyl (C=O) groups excluding carboxylic acids is 1. The van der Waals surface area contributed by atoms with E-state index >= 15 is 0 Å². The van der Waals surface area contributed by atoms with Crippen LogP contribution < -0.4 is 10.1 Å². The molecule has 4 rings (SSSR count). The van der Waals surface area contributed by atoms with Crippen molar-refractivity contribution >= 4 is 5.91 Å². The smallest absolute Gasteiger partial charge is 0.254 e. The number of ether oxygens (including phenoxy) is 2. The summed E-state index contributed by atoms with van der Waals surface area (Å²) in [5.41, 5.74) is 0.720. The van der Waals surface area contributed by atoms with Crippen molar-refractivity contribution < 1.29 is 14.3 Å². The largest absolute Gasteiger partial charge is 0.491 e. The molecule has 0 radical (unpaired) electrons. The SMILES string of the molecule is O=C(c1cccc(OCC2CCCO2)c1)N1CCC2CCC(C1)N2. The number of rotatable bonds is 4. The maximum atomic E-state index is 12.9. The number of amides is 1. The van der Waals surface area contributed by atoms with E-state index in [0.717, 1.165) is 50.3 Å². The third kappa shape index (κ3) is 3.57. The van der Waals surface area contributed by atoms with Crippen LogP contribution in [-0.2, 0) is 4.74 Å². The Morgan fingerprint density at radius 3 is 3.04 bits per heavy atom. The molecule has 0 saturated carbocycles. The predicted molar refractivity (Wildman–Crippen MR) is 91.4 cm³/mol. The summed E-state index contributed by atoms with van der Waals surface area (Å²) >= 11 is 0. The second-order valence-electron chi connectivity index (χ2n) is 7.15. The summed E-state index contributed by atoms with van der Waals surface area (Å²) < 4.78 is 11.4. The fourth-order valence-electron chi connectivity index (χ4n) is 3.99. The van der Waals surface area contributed by atoms with Gasteiger partial charge < -0.3 is 19.7 Å². The van der Waals surface area contributed by atoms with Crippen LogP contribution in [0.25, 0.3) is 0 Å². The average Bonchev–Trinajstić information content (AvgIpc) is 3.22. The van der Waals surface area contributed by atoms with E-state index in [9.17, 15) is 4.79 Å². The molecule has 3 aliphatic rings. The first-order valence-corrected chi connectivity index (χ1v) is 9.18. The summed E-state index contributed by atoms with van der Waals surface area (Å²) in [6, 6.07) is 8.62.